The fraction of sp³-hybridized carbons (Fsp3) is 0.333. The number of oxazole rings is 1. The average Bonchev–Trinajstić information content (AvgIpc) is 3.15. The highest BCUT2D eigenvalue weighted by Crippen LogP contribution is 2.26. The lowest BCUT2D eigenvalue weighted by Gasteiger charge is -2.30. The van der Waals surface area contributed by atoms with Gasteiger partial charge in [0, 0.05) is 24.0 Å². The largest absolute Gasteiger partial charge is 0.492 e. The number of halogens is 1. The molecule has 3 aromatic rings. The molecule has 1 amide bonds. The number of rotatable bonds is 6. The Morgan fingerprint density at radius 3 is 2.82 bits per heavy atom. The quantitative estimate of drug-likeness (QED) is 0.637. The first-order chi connectivity index (χ1) is 13.7. The second-order valence-corrected chi connectivity index (χ2v) is 7.26. The number of ether oxygens (including phenoxy) is 1. The number of fused-ring (bicyclic) bond motifs is 1. The van der Waals surface area contributed by atoms with E-state index >= 15 is 0 Å². The highest BCUT2D eigenvalue weighted by atomic mass is 35.5. The number of para-hydroxylation sites is 2. The summed E-state index contributed by atoms with van der Waals surface area (Å²) in [7, 11) is 0. The Labute approximate surface area is 168 Å². The van der Waals surface area contributed by atoms with Crippen LogP contribution in [0.4, 0.5) is 6.01 Å². The first kappa shape index (κ1) is 18.6. The van der Waals surface area contributed by atoms with Crippen molar-refractivity contribution in [1.82, 2.24) is 10.3 Å². The van der Waals surface area contributed by atoms with Crippen LogP contribution in [0.3, 0.4) is 0 Å². The number of piperidine rings is 1. The second kappa shape index (κ2) is 8.52. The van der Waals surface area contributed by atoms with Crippen molar-refractivity contribution in [1.29, 1.82) is 0 Å². The van der Waals surface area contributed by atoms with Gasteiger partial charge in [-0.25, -0.2) is 0 Å². The predicted octanol–water partition coefficient (Wildman–Crippen LogP) is 3.89. The van der Waals surface area contributed by atoms with E-state index in [1.54, 1.807) is 12.1 Å². The monoisotopic (exact) mass is 399 g/mol. The Morgan fingerprint density at radius 1 is 1.21 bits per heavy atom. The summed E-state index contributed by atoms with van der Waals surface area (Å²) in [6.07, 6.45) is 1.55. The van der Waals surface area contributed by atoms with Crippen LogP contribution < -0.4 is 15.0 Å². The van der Waals surface area contributed by atoms with Gasteiger partial charge in [-0.05, 0) is 43.2 Å². The molecule has 1 aromatic heterocycles. The fourth-order valence-corrected chi connectivity index (χ4v) is 3.55. The van der Waals surface area contributed by atoms with Crippen molar-refractivity contribution in [3.05, 3.63) is 53.6 Å². The fourth-order valence-electron chi connectivity index (χ4n) is 3.37. The van der Waals surface area contributed by atoms with E-state index in [-0.39, 0.29) is 11.8 Å². The summed E-state index contributed by atoms with van der Waals surface area (Å²) in [5.41, 5.74) is 1.65. The van der Waals surface area contributed by atoms with Crippen molar-refractivity contribution < 1.29 is 13.9 Å². The zero-order valence-corrected chi connectivity index (χ0v) is 16.2. The lowest BCUT2D eigenvalue weighted by atomic mass is 9.96. The first-order valence-corrected chi connectivity index (χ1v) is 9.83. The zero-order chi connectivity index (χ0) is 19.3. The van der Waals surface area contributed by atoms with Gasteiger partial charge >= 0.3 is 0 Å². The van der Waals surface area contributed by atoms with Gasteiger partial charge < -0.3 is 19.4 Å². The minimum absolute atomic E-state index is 0.00629. The van der Waals surface area contributed by atoms with E-state index in [1.165, 1.54) is 0 Å². The average molecular weight is 400 g/mol. The van der Waals surface area contributed by atoms with Crippen molar-refractivity contribution in [3.8, 4) is 5.75 Å². The molecule has 1 N–H and O–H groups in total. The van der Waals surface area contributed by atoms with Crippen LogP contribution in [0.15, 0.2) is 52.9 Å². The predicted molar refractivity (Wildman–Crippen MR) is 109 cm³/mol. The van der Waals surface area contributed by atoms with Gasteiger partial charge in [0.25, 0.3) is 6.01 Å². The number of hydrogen-bond donors (Lipinski definition) is 1. The molecule has 0 atom stereocenters. The molecular formula is C21H22ClN3O3. The van der Waals surface area contributed by atoms with Gasteiger partial charge in [-0.3, -0.25) is 4.79 Å². The summed E-state index contributed by atoms with van der Waals surface area (Å²) in [4.78, 5) is 19.0. The lowest BCUT2D eigenvalue weighted by molar-refractivity contribution is -0.125. The topological polar surface area (TPSA) is 67.6 Å². The van der Waals surface area contributed by atoms with Crippen molar-refractivity contribution in [2.24, 2.45) is 5.92 Å². The third kappa shape index (κ3) is 4.39. The minimum Gasteiger partial charge on any atom is -0.492 e. The number of benzene rings is 2. The van der Waals surface area contributed by atoms with Crippen molar-refractivity contribution in [3.63, 3.8) is 0 Å². The number of carbonyl (C=O) groups excluding carboxylic acids is 1. The molecule has 1 aliphatic heterocycles. The van der Waals surface area contributed by atoms with E-state index < -0.39 is 0 Å². The highest BCUT2D eigenvalue weighted by Gasteiger charge is 2.27. The normalized spacial score (nSPS) is 15.0. The summed E-state index contributed by atoms with van der Waals surface area (Å²) in [6.45, 7) is 2.39. The molecule has 2 aromatic carbocycles. The van der Waals surface area contributed by atoms with Crippen LogP contribution in [0.1, 0.15) is 12.8 Å². The van der Waals surface area contributed by atoms with Crippen LogP contribution >= 0.6 is 11.6 Å². The Kier molecular flexibility index (Phi) is 5.67. The molecule has 0 aliphatic carbocycles. The zero-order valence-electron chi connectivity index (χ0n) is 15.4. The lowest BCUT2D eigenvalue weighted by Crippen LogP contribution is -2.41. The van der Waals surface area contributed by atoms with Gasteiger partial charge in [0.05, 0.1) is 6.54 Å². The Bertz CT molecular complexity index is 918. The van der Waals surface area contributed by atoms with E-state index in [0.717, 1.165) is 37.0 Å². The third-order valence-corrected chi connectivity index (χ3v) is 5.12. The van der Waals surface area contributed by atoms with Crippen molar-refractivity contribution in [2.45, 2.75) is 12.8 Å². The maximum Gasteiger partial charge on any atom is 0.298 e. The Balaban J connectivity index is 1.21. The minimum atomic E-state index is 0.00629. The molecule has 1 aliphatic rings. The molecule has 28 heavy (non-hydrogen) atoms. The molecule has 2 heterocycles. The standard InChI is InChI=1S/C21H22ClN3O3/c22-16-4-3-5-17(14-16)27-13-10-23-20(26)15-8-11-25(12-9-15)21-24-18-6-1-2-7-19(18)28-21/h1-7,14-15H,8-13H2,(H,23,26). The molecule has 146 valence electrons. The Hall–Kier alpha value is -2.73. The summed E-state index contributed by atoms with van der Waals surface area (Å²) >= 11 is 5.92. The second-order valence-electron chi connectivity index (χ2n) is 6.82. The maximum atomic E-state index is 12.4. The van der Waals surface area contributed by atoms with E-state index in [4.69, 9.17) is 20.8 Å². The number of carbonyl (C=O) groups is 1. The molecule has 4 rings (SSSR count). The number of hydrogen-bond acceptors (Lipinski definition) is 5. The van der Waals surface area contributed by atoms with Gasteiger partial charge in [-0.2, -0.15) is 4.98 Å². The van der Waals surface area contributed by atoms with Crippen molar-refractivity contribution in [2.75, 3.05) is 31.1 Å². The van der Waals surface area contributed by atoms with Crippen LogP contribution in [-0.4, -0.2) is 37.1 Å². The van der Waals surface area contributed by atoms with E-state index in [9.17, 15) is 4.79 Å². The maximum absolute atomic E-state index is 12.4. The van der Waals surface area contributed by atoms with Crippen LogP contribution in [0.25, 0.3) is 11.1 Å². The molecule has 6 nitrogen and oxygen atoms in total. The van der Waals surface area contributed by atoms with Crippen LogP contribution in [0, 0.1) is 5.92 Å². The van der Waals surface area contributed by atoms with Gasteiger partial charge in [0.2, 0.25) is 5.91 Å². The van der Waals surface area contributed by atoms with Crippen molar-refractivity contribution >= 4 is 34.6 Å². The summed E-state index contributed by atoms with van der Waals surface area (Å²) in [5, 5.41) is 3.59. The van der Waals surface area contributed by atoms with Gasteiger partial charge in [-0.1, -0.05) is 29.8 Å². The molecule has 7 heteroatoms. The summed E-state index contributed by atoms with van der Waals surface area (Å²) < 4.78 is 11.4. The van der Waals surface area contributed by atoms with E-state index in [2.05, 4.69) is 15.2 Å². The molecule has 1 fully saturated rings. The number of anilines is 1. The summed E-state index contributed by atoms with van der Waals surface area (Å²) in [5.74, 6) is 0.784. The van der Waals surface area contributed by atoms with Gasteiger partial charge in [0.1, 0.15) is 17.9 Å². The van der Waals surface area contributed by atoms with Crippen LogP contribution in [0.5, 0.6) is 5.75 Å². The van der Waals surface area contributed by atoms with Crippen LogP contribution in [-0.2, 0) is 4.79 Å². The first-order valence-electron chi connectivity index (χ1n) is 9.45. The van der Waals surface area contributed by atoms with Gasteiger partial charge in [-0.15, -0.1) is 0 Å². The molecule has 0 radical (unpaired) electrons. The number of nitrogens with one attached hydrogen (secondary N) is 1. The molecule has 0 saturated carbocycles. The highest BCUT2D eigenvalue weighted by molar-refractivity contribution is 6.30. The number of aromatic nitrogens is 1. The molecule has 0 spiro atoms. The van der Waals surface area contributed by atoms with Gasteiger partial charge in [0.15, 0.2) is 5.58 Å². The molecule has 0 bridgehead atoms. The SMILES string of the molecule is O=C(NCCOc1cccc(Cl)c1)C1CCN(c2nc3ccccc3o2)CC1. The van der Waals surface area contributed by atoms with E-state index in [1.807, 2.05) is 36.4 Å². The Morgan fingerprint density at radius 2 is 2.04 bits per heavy atom. The molecular weight excluding hydrogens is 378 g/mol. The number of amides is 1. The summed E-state index contributed by atoms with van der Waals surface area (Å²) in [6, 6.07) is 15.6. The van der Waals surface area contributed by atoms with Crippen LogP contribution in [0.2, 0.25) is 5.02 Å². The number of nitrogens with zero attached hydrogens (tertiary/aromatic N) is 2. The smallest absolute Gasteiger partial charge is 0.298 e. The third-order valence-electron chi connectivity index (χ3n) is 4.88. The molecule has 1 saturated heterocycles. The molecule has 0 unspecified atom stereocenters. The van der Waals surface area contributed by atoms with E-state index in [0.29, 0.717) is 29.9 Å².